The van der Waals surface area contributed by atoms with Crippen LogP contribution in [0.2, 0.25) is 0 Å². The van der Waals surface area contributed by atoms with Gasteiger partial charge in [-0.2, -0.15) is 0 Å². The molecule has 3 rings (SSSR count). The molecule has 0 aromatic heterocycles. The molecule has 5 heteroatoms. The molecule has 1 N–H and O–H groups in total. The van der Waals surface area contributed by atoms with Gasteiger partial charge < -0.3 is 14.8 Å². The SMILES string of the molecule is O=C(CCCc1c2ccccc2cc2ccccc12)NCCOCCOCCCCCCCl. The maximum absolute atomic E-state index is 12.2. The number of unbranched alkanes of at least 4 members (excludes halogenated alkanes) is 3. The Morgan fingerprint density at radius 1 is 0.758 bits per heavy atom. The Bertz CT molecular complexity index is 937. The molecule has 0 saturated heterocycles. The van der Waals surface area contributed by atoms with E-state index in [4.69, 9.17) is 21.1 Å². The molecule has 0 fully saturated rings. The van der Waals surface area contributed by atoms with Crippen LogP contribution in [-0.4, -0.2) is 44.8 Å². The second-order valence-corrected chi connectivity index (χ2v) is 8.71. The van der Waals surface area contributed by atoms with Crippen LogP contribution in [0.5, 0.6) is 0 Å². The second kappa shape index (κ2) is 14.9. The van der Waals surface area contributed by atoms with Crippen LogP contribution >= 0.6 is 11.6 Å². The summed E-state index contributed by atoms with van der Waals surface area (Å²) in [5.74, 6) is 0.823. The van der Waals surface area contributed by atoms with Crippen LogP contribution in [0.15, 0.2) is 54.6 Å². The molecule has 0 spiro atoms. The van der Waals surface area contributed by atoms with Crippen LogP contribution < -0.4 is 5.32 Å². The summed E-state index contributed by atoms with van der Waals surface area (Å²) in [5, 5.41) is 8.02. The molecule has 33 heavy (non-hydrogen) atoms. The lowest BCUT2D eigenvalue weighted by Gasteiger charge is -2.12. The normalized spacial score (nSPS) is 11.3. The first-order valence-electron chi connectivity index (χ1n) is 12.2. The Hall–Kier alpha value is -2.14. The number of hydrogen-bond donors (Lipinski definition) is 1. The fraction of sp³-hybridized carbons (Fsp3) is 0.464. The Labute approximate surface area is 202 Å². The highest BCUT2D eigenvalue weighted by Gasteiger charge is 2.08. The number of carbonyl (C=O) groups is 1. The number of fused-ring (bicyclic) bond motifs is 2. The van der Waals surface area contributed by atoms with E-state index in [1.807, 2.05) is 0 Å². The third-order valence-electron chi connectivity index (χ3n) is 5.83. The van der Waals surface area contributed by atoms with Crippen molar-refractivity contribution in [2.24, 2.45) is 0 Å². The molecule has 3 aromatic rings. The minimum atomic E-state index is 0.0799. The zero-order valence-electron chi connectivity index (χ0n) is 19.5. The molecule has 0 saturated carbocycles. The van der Waals surface area contributed by atoms with Gasteiger partial charge in [-0.05, 0) is 58.9 Å². The number of nitrogens with one attached hydrogen (secondary N) is 1. The predicted molar refractivity (Wildman–Crippen MR) is 138 cm³/mol. The van der Waals surface area contributed by atoms with Crippen molar-refractivity contribution < 1.29 is 14.3 Å². The van der Waals surface area contributed by atoms with Crippen molar-refractivity contribution in [1.82, 2.24) is 5.32 Å². The Balaban J connectivity index is 1.30. The van der Waals surface area contributed by atoms with Crippen molar-refractivity contribution in [2.75, 3.05) is 38.9 Å². The van der Waals surface area contributed by atoms with Gasteiger partial charge in [0.15, 0.2) is 0 Å². The largest absolute Gasteiger partial charge is 0.379 e. The number of alkyl halides is 1. The van der Waals surface area contributed by atoms with Gasteiger partial charge in [-0.1, -0.05) is 61.4 Å². The highest BCUT2D eigenvalue weighted by atomic mass is 35.5. The Morgan fingerprint density at radius 3 is 2.09 bits per heavy atom. The maximum atomic E-state index is 12.2. The van der Waals surface area contributed by atoms with Crippen LogP contribution in [0.25, 0.3) is 21.5 Å². The number of benzene rings is 3. The van der Waals surface area contributed by atoms with Gasteiger partial charge in [0.05, 0.1) is 19.8 Å². The molecule has 0 aliphatic heterocycles. The molecular formula is C28H36ClNO3. The van der Waals surface area contributed by atoms with Crippen molar-refractivity contribution in [3.63, 3.8) is 0 Å². The lowest BCUT2D eigenvalue weighted by Crippen LogP contribution is -2.27. The molecule has 3 aromatic carbocycles. The van der Waals surface area contributed by atoms with Gasteiger partial charge in [-0.3, -0.25) is 4.79 Å². The van der Waals surface area contributed by atoms with Gasteiger partial charge in [0.1, 0.15) is 0 Å². The summed E-state index contributed by atoms with van der Waals surface area (Å²) in [4.78, 5) is 12.2. The van der Waals surface area contributed by atoms with Crippen LogP contribution in [0.1, 0.15) is 44.1 Å². The maximum Gasteiger partial charge on any atom is 0.220 e. The third kappa shape index (κ3) is 8.62. The molecule has 4 nitrogen and oxygen atoms in total. The third-order valence-corrected chi connectivity index (χ3v) is 6.09. The first-order valence-corrected chi connectivity index (χ1v) is 12.7. The van der Waals surface area contributed by atoms with E-state index in [-0.39, 0.29) is 5.91 Å². The van der Waals surface area contributed by atoms with Crippen molar-refractivity contribution in [1.29, 1.82) is 0 Å². The van der Waals surface area contributed by atoms with Gasteiger partial charge in [-0.15, -0.1) is 11.6 Å². The molecular weight excluding hydrogens is 434 g/mol. The number of carbonyl (C=O) groups excluding carboxylic acids is 1. The highest BCUT2D eigenvalue weighted by Crippen LogP contribution is 2.29. The first-order chi connectivity index (χ1) is 16.3. The topological polar surface area (TPSA) is 47.6 Å². The average molecular weight is 470 g/mol. The number of amides is 1. The van der Waals surface area contributed by atoms with Gasteiger partial charge in [0, 0.05) is 25.5 Å². The smallest absolute Gasteiger partial charge is 0.220 e. The van der Waals surface area contributed by atoms with Gasteiger partial charge in [0.25, 0.3) is 0 Å². The van der Waals surface area contributed by atoms with E-state index < -0.39 is 0 Å². The molecule has 0 heterocycles. The number of hydrogen-bond acceptors (Lipinski definition) is 3. The van der Waals surface area contributed by atoms with E-state index in [0.717, 1.165) is 44.6 Å². The minimum absolute atomic E-state index is 0.0799. The molecule has 0 aliphatic rings. The minimum Gasteiger partial charge on any atom is -0.379 e. The van der Waals surface area contributed by atoms with E-state index in [9.17, 15) is 4.79 Å². The summed E-state index contributed by atoms with van der Waals surface area (Å²) >= 11 is 5.66. The summed E-state index contributed by atoms with van der Waals surface area (Å²) in [7, 11) is 0. The number of aryl methyl sites for hydroxylation is 1. The molecule has 0 radical (unpaired) electrons. The molecule has 0 unspecified atom stereocenters. The summed E-state index contributed by atoms with van der Waals surface area (Å²) < 4.78 is 11.1. The fourth-order valence-electron chi connectivity index (χ4n) is 4.13. The van der Waals surface area contributed by atoms with Crippen molar-refractivity contribution in [3.8, 4) is 0 Å². The molecule has 0 atom stereocenters. The number of ether oxygens (including phenoxy) is 2. The zero-order chi connectivity index (χ0) is 23.1. The van der Waals surface area contributed by atoms with E-state index in [2.05, 4.69) is 59.9 Å². The monoisotopic (exact) mass is 469 g/mol. The van der Waals surface area contributed by atoms with E-state index in [1.54, 1.807) is 0 Å². The molecule has 0 aliphatic carbocycles. The zero-order valence-corrected chi connectivity index (χ0v) is 20.2. The van der Waals surface area contributed by atoms with E-state index >= 15 is 0 Å². The number of rotatable bonds is 16. The standard InChI is InChI=1S/C28H36ClNO3/c29-16-7-1-2-8-18-32-20-21-33-19-17-30-28(31)15-9-14-27-25-12-5-3-10-23(25)22-24-11-4-6-13-26(24)27/h3-6,10-13,22H,1-2,7-9,14-21H2,(H,30,31). The first kappa shape index (κ1) is 25.5. The molecule has 1 amide bonds. The fourth-order valence-corrected chi connectivity index (χ4v) is 4.32. The lowest BCUT2D eigenvalue weighted by molar-refractivity contribution is -0.121. The highest BCUT2D eigenvalue weighted by molar-refractivity contribution is 6.17. The molecule has 0 bridgehead atoms. The van der Waals surface area contributed by atoms with Crippen molar-refractivity contribution in [2.45, 2.75) is 44.9 Å². The van der Waals surface area contributed by atoms with Crippen molar-refractivity contribution in [3.05, 3.63) is 60.2 Å². The van der Waals surface area contributed by atoms with Crippen LogP contribution in [0, 0.1) is 0 Å². The van der Waals surface area contributed by atoms with Crippen LogP contribution in [0.4, 0.5) is 0 Å². The Morgan fingerprint density at radius 2 is 1.39 bits per heavy atom. The summed E-state index contributed by atoms with van der Waals surface area (Å²) in [6.07, 6.45) is 6.71. The van der Waals surface area contributed by atoms with Gasteiger partial charge in [0.2, 0.25) is 5.91 Å². The quantitative estimate of drug-likeness (QED) is 0.153. The van der Waals surface area contributed by atoms with Crippen LogP contribution in [0.3, 0.4) is 0 Å². The summed E-state index contributed by atoms with van der Waals surface area (Å²) in [6.45, 7) is 2.98. The predicted octanol–water partition coefficient (Wildman–Crippen LogP) is 6.26. The summed E-state index contributed by atoms with van der Waals surface area (Å²) in [6, 6.07) is 19.2. The Kier molecular flexibility index (Phi) is 11.5. The van der Waals surface area contributed by atoms with Crippen LogP contribution in [-0.2, 0) is 20.7 Å². The number of halogens is 1. The lowest BCUT2D eigenvalue weighted by atomic mass is 9.93. The van der Waals surface area contributed by atoms with Gasteiger partial charge >= 0.3 is 0 Å². The molecule has 178 valence electrons. The van der Waals surface area contributed by atoms with Gasteiger partial charge in [-0.25, -0.2) is 0 Å². The van der Waals surface area contributed by atoms with Crippen molar-refractivity contribution >= 4 is 39.1 Å². The average Bonchev–Trinajstić information content (AvgIpc) is 2.84. The van der Waals surface area contributed by atoms with E-state index in [1.165, 1.54) is 33.5 Å². The second-order valence-electron chi connectivity index (χ2n) is 8.33. The van der Waals surface area contributed by atoms with E-state index in [0.29, 0.717) is 32.8 Å². The summed E-state index contributed by atoms with van der Waals surface area (Å²) in [5.41, 5.74) is 1.33.